The van der Waals surface area contributed by atoms with Crippen molar-refractivity contribution >= 4 is 0 Å². The van der Waals surface area contributed by atoms with E-state index >= 15 is 0 Å². The third-order valence-electron chi connectivity index (χ3n) is 2.94. The second-order valence-electron chi connectivity index (χ2n) is 3.98. The van der Waals surface area contributed by atoms with Crippen LogP contribution in [0.5, 0.6) is 0 Å². The van der Waals surface area contributed by atoms with Gasteiger partial charge in [-0.1, -0.05) is 6.92 Å². The van der Waals surface area contributed by atoms with E-state index in [0.29, 0.717) is 18.5 Å². The Balaban J connectivity index is 2.19. The molecule has 0 aliphatic carbocycles. The predicted molar refractivity (Wildman–Crippen MR) is 56.2 cm³/mol. The van der Waals surface area contributed by atoms with Crippen LogP contribution in [0.15, 0.2) is 12.3 Å². The molecule has 1 aromatic heterocycles. The van der Waals surface area contributed by atoms with E-state index in [4.69, 9.17) is 5.73 Å². The van der Waals surface area contributed by atoms with Crippen LogP contribution < -0.4 is 11.1 Å². The monoisotopic (exact) mass is 194 g/mol. The van der Waals surface area contributed by atoms with Gasteiger partial charge in [-0.2, -0.15) is 5.10 Å². The van der Waals surface area contributed by atoms with Gasteiger partial charge in [-0.25, -0.2) is 0 Å². The van der Waals surface area contributed by atoms with Crippen molar-refractivity contribution in [2.24, 2.45) is 5.73 Å². The van der Waals surface area contributed by atoms with Crippen molar-refractivity contribution in [2.45, 2.75) is 25.3 Å². The lowest BCUT2D eigenvalue weighted by Gasteiger charge is -2.16. The Labute approximate surface area is 84.5 Å². The van der Waals surface area contributed by atoms with Crippen molar-refractivity contribution in [1.29, 1.82) is 0 Å². The number of nitrogens with one attached hydrogen (secondary N) is 1. The second kappa shape index (κ2) is 4.11. The minimum Gasteiger partial charge on any atom is -0.330 e. The molecule has 2 atom stereocenters. The quantitative estimate of drug-likeness (QED) is 0.736. The van der Waals surface area contributed by atoms with Gasteiger partial charge in [0.25, 0.3) is 0 Å². The van der Waals surface area contributed by atoms with E-state index in [1.807, 2.05) is 6.20 Å². The summed E-state index contributed by atoms with van der Waals surface area (Å²) in [7, 11) is 0. The van der Waals surface area contributed by atoms with Gasteiger partial charge in [-0.05, 0) is 19.0 Å². The third-order valence-corrected chi connectivity index (χ3v) is 2.94. The first kappa shape index (κ1) is 9.68. The molecule has 0 amide bonds. The minimum absolute atomic E-state index is 0.401. The highest BCUT2D eigenvalue weighted by Gasteiger charge is 2.20. The van der Waals surface area contributed by atoms with Crippen LogP contribution >= 0.6 is 0 Å². The summed E-state index contributed by atoms with van der Waals surface area (Å²) in [5, 5.41) is 7.74. The van der Waals surface area contributed by atoms with E-state index in [-0.39, 0.29) is 0 Å². The van der Waals surface area contributed by atoms with Crippen LogP contribution in [-0.2, 0) is 0 Å². The summed E-state index contributed by atoms with van der Waals surface area (Å²) in [5.74, 6) is 0.401. The molecule has 0 aromatic carbocycles. The van der Waals surface area contributed by atoms with Crippen LogP contribution in [-0.4, -0.2) is 29.4 Å². The zero-order valence-electron chi connectivity index (χ0n) is 8.61. The molecule has 1 aliphatic heterocycles. The number of hydrogen-bond acceptors (Lipinski definition) is 3. The number of aromatic nitrogens is 2. The molecule has 4 nitrogen and oxygen atoms in total. The summed E-state index contributed by atoms with van der Waals surface area (Å²) in [5.41, 5.74) is 6.94. The molecule has 2 unspecified atom stereocenters. The zero-order chi connectivity index (χ0) is 9.97. The molecule has 14 heavy (non-hydrogen) atoms. The first-order valence-electron chi connectivity index (χ1n) is 5.27. The van der Waals surface area contributed by atoms with Crippen molar-refractivity contribution in [1.82, 2.24) is 15.1 Å². The molecule has 0 saturated carbocycles. The Morgan fingerprint density at radius 3 is 3.29 bits per heavy atom. The number of hydrogen-bond donors (Lipinski definition) is 2. The van der Waals surface area contributed by atoms with Gasteiger partial charge in [0.05, 0.1) is 6.04 Å². The van der Waals surface area contributed by atoms with Crippen LogP contribution in [0.4, 0.5) is 0 Å². The van der Waals surface area contributed by atoms with Crippen molar-refractivity contribution in [3.8, 4) is 0 Å². The molecule has 0 spiro atoms. The van der Waals surface area contributed by atoms with Gasteiger partial charge >= 0.3 is 0 Å². The van der Waals surface area contributed by atoms with Gasteiger partial charge in [0, 0.05) is 30.9 Å². The maximum absolute atomic E-state index is 5.67. The topological polar surface area (TPSA) is 55.9 Å². The Hall–Kier alpha value is -0.870. The SMILES string of the molecule is CC(CN)c1ccnn1C1CCNC1. The summed E-state index contributed by atoms with van der Waals surface area (Å²) in [4.78, 5) is 0. The predicted octanol–water partition coefficient (Wildman–Crippen LogP) is 0.480. The molecule has 0 bridgehead atoms. The van der Waals surface area contributed by atoms with E-state index in [9.17, 15) is 0 Å². The van der Waals surface area contributed by atoms with Gasteiger partial charge in [0.2, 0.25) is 0 Å². The Morgan fingerprint density at radius 1 is 1.79 bits per heavy atom. The van der Waals surface area contributed by atoms with E-state index in [1.165, 1.54) is 12.1 Å². The lowest BCUT2D eigenvalue weighted by molar-refractivity contribution is 0.459. The molecule has 2 heterocycles. The van der Waals surface area contributed by atoms with Gasteiger partial charge in [0.15, 0.2) is 0 Å². The van der Waals surface area contributed by atoms with Crippen molar-refractivity contribution in [3.63, 3.8) is 0 Å². The second-order valence-corrected chi connectivity index (χ2v) is 3.98. The Morgan fingerprint density at radius 2 is 2.64 bits per heavy atom. The average molecular weight is 194 g/mol. The van der Waals surface area contributed by atoms with Gasteiger partial charge in [0.1, 0.15) is 0 Å². The zero-order valence-corrected chi connectivity index (χ0v) is 8.61. The normalized spacial score (nSPS) is 24.0. The lowest BCUT2D eigenvalue weighted by atomic mass is 10.1. The Bertz CT molecular complexity index is 288. The fourth-order valence-corrected chi connectivity index (χ4v) is 1.99. The number of rotatable bonds is 3. The smallest absolute Gasteiger partial charge is 0.0658 e. The molecule has 1 saturated heterocycles. The largest absolute Gasteiger partial charge is 0.330 e. The fourth-order valence-electron chi connectivity index (χ4n) is 1.99. The first-order chi connectivity index (χ1) is 6.83. The first-order valence-corrected chi connectivity index (χ1v) is 5.27. The lowest BCUT2D eigenvalue weighted by Crippen LogP contribution is -2.20. The molecule has 1 aromatic rings. The molecule has 78 valence electrons. The molecule has 2 rings (SSSR count). The summed E-state index contributed by atoms with van der Waals surface area (Å²) in [6, 6.07) is 2.60. The summed E-state index contributed by atoms with van der Waals surface area (Å²) < 4.78 is 2.14. The highest BCUT2D eigenvalue weighted by Crippen LogP contribution is 2.21. The summed E-state index contributed by atoms with van der Waals surface area (Å²) in [6.45, 7) is 4.97. The Kier molecular flexibility index (Phi) is 2.84. The standard InChI is InChI=1S/C10H18N4/c1-8(6-11)10-3-5-13-14(10)9-2-4-12-7-9/h3,5,8-9,12H,2,4,6-7,11H2,1H3. The molecule has 3 N–H and O–H groups in total. The average Bonchev–Trinajstić information content (AvgIpc) is 2.85. The van der Waals surface area contributed by atoms with Crippen molar-refractivity contribution < 1.29 is 0 Å². The van der Waals surface area contributed by atoms with Gasteiger partial charge < -0.3 is 11.1 Å². The molecule has 1 aliphatic rings. The number of nitrogens with two attached hydrogens (primary N) is 1. The highest BCUT2D eigenvalue weighted by molar-refractivity contribution is 5.09. The van der Waals surface area contributed by atoms with E-state index < -0.39 is 0 Å². The molecular formula is C10H18N4. The van der Waals surface area contributed by atoms with E-state index in [0.717, 1.165) is 13.1 Å². The summed E-state index contributed by atoms with van der Waals surface area (Å²) in [6.07, 6.45) is 3.05. The minimum atomic E-state index is 0.401. The third kappa shape index (κ3) is 1.67. The van der Waals surface area contributed by atoms with Crippen molar-refractivity contribution in [2.75, 3.05) is 19.6 Å². The molecule has 1 fully saturated rings. The van der Waals surface area contributed by atoms with E-state index in [1.54, 1.807) is 0 Å². The fraction of sp³-hybridized carbons (Fsp3) is 0.700. The molecular weight excluding hydrogens is 176 g/mol. The van der Waals surface area contributed by atoms with Gasteiger partial charge in [-0.3, -0.25) is 4.68 Å². The number of nitrogens with zero attached hydrogens (tertiary/aromatic N) is 2. The van der Waals surface area contributed by atoms with Gasteiger partial charge in [-0.15, -0.1) is 0 Å². The van der Waals surface area contributed by atoms with Crippen LogP contribution in [0.1, 0.15) is 31.0 Å². The maximum Gasteiger partial charge on any atom is 0.0658 e. The molecule has 4 heteroatoms. The van der Waals surface area contributed by atoms with Crippen LogP contribution in [0, 0.1) is 0 Å². The van der Waals surface area contributed by atoms with E-state index in [2.05, 4.69) is 28.1 Å². The van der Waals surface area contributed by atoms with Crippen molar-refractivity contribution in [3.05, 3.63) is 18.0 Å². The van der Waals surface area contributed by atoms with Crippen LogP contribution in [0.3, 0.4) is 0 Å². The van der Waals surface area contributed by atoms with Crippen LogP contribution in [0.25, 0.3) is 0 Å². The molecule has 0 radical (unpaired) electrons. The van der Waals surface area contributed by atoms with Crippen LogP contribution in [0.2, 0.25) is 0 Å². The summed E-state index contributed by atoms with van der Waals surface area (Å²) >= 11 is 0. The highest BCUT2D eigenvalue weighted by atomic mass is 15.3. The maximum atomic E-state index is 5.67.